The van der Waals surface area contributed by atoms with Gasteiger partial charge in [0.15, 0.2) is 0 Å². The van der Waals surface area contributed by atoms with E-state index in [1.54, 1.807) is 0 Å². The maximum atomic E-state index is 3.87. The predicted molar refractivity (Wildman–Crippen MR) is 83.5 cm³/mol. The molecule has 0 aromatic heterocycles. The van der Waals surface area contributed by atoms with E-state index in [1.165, 1.54) is 84.0 Å². The number of hydrogen-bond donors (Lipinski definition) is 2. The molecule has 2 N–H and O–H groups in total. The molecule has 0 amide bonds. The molecule has 2 fully saturated rings. The van der Waals surface area contributed by atoms with Crippen LogP contribution in [0.2, 0.25) is 0 Å². The molecule has 112 valence electrons. The molecule has 1 heterocycles. The molecule has 2 rings (SSSR count). The van der Waals surface area contributed by atoms with E-state index in [0.717, 1.165) is 0 Å². The highest BCUT2D eigenvalue weighted by Gasteiger charge is 2.34. The predicted octanol–water partition coefficient (Wildman–Crippen LogP) is 3.72. The summed E-state index contributed by atoms with van der Waals surface area (Å²) >= 11 is 0. The molecule has 19 heavy (non-hydrogen) atoms. The fourth-order valence-corrected chi connectivity index (χ4v) is 4.39. The zero-order chi connectivity index (χ0) is 13.6. The molecule has 0 aromatic carbocycles. The summed E-state index contributed by atoms with van der Waals surface area (Å²) in [5.41, 5.74) is 1.18. The quantitative estimate of drug-likeness (QED) is 0.734. The fraction of sp³-hybridized carbons (Fsp3) is 1.00. The van der Waals surface area contributed by atoms with Crippen LogP contribution in [-0.2, 0) is 0 Å². The van der Waals surface area contributed by atoms with Crippen LogP contribution in [0.5, 0.6) is 0 Å². The fourth-order valence-electron chi connectivity index (χ4n) is 4.39. The van der Waals surface area contributed by atoms with Gasteiger partial charge in [0.2, 0.25) is 0 Å². The summed E-state index contributed by atoms with van der Waals surface area (Å²) in [4.78, 5) is 0. The van der Waals surface area contributed by atoms with Crippen molar-refractivity contribution in [3.8, 4) is 0 Å². The van der Waals surface area contributed by atoms with Gasteiger partial charge in [-0.15, -0.1) is 0 Å². The van der Waals surface area contributed by atoms with Crippen molar-refractivity contribution in [3.63, 3.8) is 0 Å². The van der Waals surface area contributed by atoms with Crippen LogP contribution in [0.1, 0.15) is 71.6 Å². The first-order valence-corrected chi connectivity index (χ1v) is 8.66. The number of piperidine rings is 1. The van der Waals surface area contributed by atoms with Crippen LogP contribution in [0, 0.1) is 10.8 Å². The first-order chi connectivity index (χ1) is 9.24. The van der Waals surface area contributed by atoms with Gasteiger partial charge < -0.3 is 10.6 Å². The SMILES string of the molecule is CCCC1(CNCC2(CC)CCCC2)CCCNC1. The standard InChI is InChI=1S/C17H34N2/c1-3-8-17(11-7-12-18-14-17)15-19-13-16(4-2)9-5-6-10-16/h18-19H,3-15H2,1-2H3. The molecule has 1 saturated heterocycles. The van der Waals surface area contributed by atoms with Gasteiger partial charge in [0.05, 0.1) is 0 Å². The molecule has 2 aliphatic rings. The molecular formula is C17H34N2. The smallest absolute Gasteiger partial charge is 0.00202 e. The van der Waals surface area contributed by atoms with E-state index in [1.807, 2.05) is 0 Å². The third-order valence-corrected chi connectivity index (χ3v) is 5.76. The van der Waals surface area contributed by atoms with Gasteiger partial charge >= 0.3 is 0 Å². The van der Waals surface area contributed by atoms with E-state index in [9.17, 15) is 0 Å². The van der Waals surface area contributed by atoms with Crippen molar-refractivity contribution < 1.29 is 0 Å². The lowest BCUT2D eigenvalue weighted by molar-refractivity contribution is 0.167. The van der Waals surface area contributed by atoms with Crippen molar-refractivity contribution >= 4 is 0 Å². The lowest BCUT2D eigenvalue weighted by Gasteiger charge is -2.39. The second-order valence-corrected chi connectivity index (χ2v) is 7.19. The van der Waals surface area contributed by atoms with Crippen molar-refractivity contribution in [1.29, 1.82) is 0 Å². The molecule has 0 spiro atoms. The van der Waals surface area contributed by atoms with Crippen molar-refractivity contribution in [3.05, 3.63) is 0 Å². The number of nitrogens with one attached hydrogen (secondary N) is 2. The zero-order valence-electron chi connectivity index (χ0n) is 13.2. The maximum absolute atomic E-state index is 3.87. The minimum Gasteiger partial charge on any atom is -0.316 e. The molecule has 0 radical (unpaired) electrons. The minimum atomic E-state index is 0.542. The molecule has 1 atom stereocenters. The average molecular weight is 266 g/mol. The Kier molecular flexibility index (Phi) is 5.70. The Hall–Kier alpha value is -0.0800. The van der Waals surface area contributed by atoms with Gasteiger partial charge in [0.25, 0.3) is 0 Å². The Morgan fingerprint density at radius 3 is 2.21 bits per heavy atom. The van der Waals surface area contributed by atoms with Crippen molar-refractivity contribution in [2.24, 2.45) is 10.8 Å². The third-order valence-electron chi connectivity index (χ3n) is 5.76. The Morgan fingerprint density at radius 1 is 0.947 bits per heavy atom. The molecule has 0 bridgehead atoms. The van der Waals surface area contributed by atoms with Crippen LogP contribution in [0.15, 0.2) is 0 Å². The van der Waals surface area contributed by atoms with Crippen molar-refractivity contribution in [1.82, 2.24) is 10.6 Å². The van der Waals surface area contributed by atoms with Gasteiger partial charge in [-0.2, -0.15) is 0 Å². The largest absolute Gasteiger partial charge is 0.316 e. The summed E-state index contributed by atoms with van der Waals surface area (Å²) in [6, 6.07) is 0. The highest BCUT2D eigenvalue weighted by molar-refractivity contribution is 4.90. The molecule has 0 aromatic rings. The van der Waals surface area contributed by atoms with E-state index in [-0.39, 0.29) is 0 Å². The second kappa shape index (κ2) is 7.08. The monoisotopic (exact) mass is 266 g/mol. The van der Waals surface area contributed by atoms with E-state index in [4.69, 9.17) is 0 Å². The number of hydrogen-bond acceptors (Lipinski definition) is 2. The molecule has 1 saturated carbocycles. The summed E-state index contributed by atoms with van der Waals surface area (Å²) in [6.45, 7) is 9.67. The number of rotatable bonds is 7. The van der Waals surface area contributed by atoms with E-state index in [0.29, 0.717) is 10.8 Å². The maximum Gasteiger partial charge on any atom is 0.00202 e. The van der Waals surface area contributed by atoms with E-state index in [2.05, 4.69) is 24.5 Å². The normalized spacial score (nSPS) is 30.6. The van der Waals surface area contributed by atoms with Gasteiger partial charge in [-0.1, -0.05) is 33.1 Å². The lowest BCUT2D eigenvalue weighted by Crippen LogP contribution is -2.48. The van der Waals surface area contributed by atoms with Crippen molar-refractivity contribution in [2.45, 2.75) is 71.6 Å². The van der Waals surface area contributed by atoms with Gasteiger partial charge in [-0.3, -0.25) is 0 Å². The Morgan fingerprint density at radius 2 is 1.63 bits per heavy atom. The summed E-state index contributed by atoms with van der Waals surface area (Å²) < 4.78 is 0. The summed E-state index contributed by atoms with van der Waals surface area (Å²) in [6.07, 6.45) is 12.7. The van der Waals surface area contributed by atoms with Gasteiger partial charge in [0, 0.05) is 19.6 Å². The van der Waals surface area contributed by atoms with E-state index >= 15 is 0 Å². The Bertz CT molecular complexity index is 244. The first kappa shape index (κ1) is 15.3. The second-order valence-electron chi connectivity index (χ2n) is 7.19. The van der Waals surface area contributed by atoms with Crippen LogP contribution in [0.4, 0.5) is 0 Å². The molecule has 2 heteroatoms. The van der Waals surface area contributed by atoms with Crippen LogP contribution >= 0.6 is 0 Å². The summed E-state index contributed by atoms with van der Waals surface area (Å²) in [5.74, 6) is 0. The average Bonchev–Trinajstić information content (AvgIpc) is 2.90. The third kappa shape index (κ3) is 3.95. The van der Waals surface area contributed by atoms with Gasteiger partial charge in [-0.05, 0) is 55.9 Å². The minimum absolute atomic E-state index is 0.542. The van der Waals surface area contributed by atoms with Crippen LogP contribution in [0.3, 0.4) is 0 Å². The van der Waals surface area contributed by atoms with Crippen LogP contribution < -0.4 is 10.6 Å². The zero-order valence-corrected chi connectivity index (χ0v) is 13.2. The molecule has 2 nitrogen and oxygen atoms in total. The van der Waals surface area contributed by atoms with Gasteiger partial charge in [-0.25, -0.2) is 0 Å². The first-order valence-electron chi connectivity index (χ1n) is 8.66. The highest BCUT2D eigenvalue weighted by atomic mass is 14.9. The highest BCUT2D eigenvalue weighted by Crippen LogP contribution is 2.40. The summed E-state index contributed by atoms with van der Waals surface area (Å²) in [7, 11) is 0. The Labute approximate surface area is 120 Å². The molecule has 1 unspecified atom stereocenters. The lowest BCUT2D eigenvalue weighted by atomic mass is 9.76. The Balaban J connectivity index is 1.81. The van der Waals surface area contributed by atoms with Crippen molar-refractivity contribution in [2.75, 3.05) is 26.2 Å². The van der Waals surface area contributed by atoms with Crippen LogP contribution in [0.25, 0.3) is 0 Å². The van der Waals surface area contributed by atoms with E-state index < -0.39 is 0 Å². The molecular weight excluding hydrogens is 232 g/mol. The molecule has 1 aliphatic carbocycles. The van der Waals surface area contributed by atoms with Gasteiger partial charge in [0.1, 0.15) is 0 Å². The molecule has 1 aliphatic heterocycles. The van der Waals surface area contributed by atoms with Crippen LogP contribution in [-0.4, -0.2) is 26.2 Å². The summed E-state index contributed by atoms with van der Waals surface area (Å²) in [5, 5.41) is 7.50. The topological polar surface area (TPSA) is 24.1 Å².